The van der Waals surface area contributed by atoms with Crippen LogP contribution in [0.2, 0.25) is 0 Å². The molecule has 0 fully saturated rings. The molecule has 0 saturated carbocycles. The van der Waals surface area contributed by atoms with Gasteiger partial charge in [0, 0.05) is 0 Å². The Kier molecular flexibility index (Phi) is 10.4. The van der Waals surface area contributed by atoms with E-state index in [0.29, 0.717) is 0 Å². The van der Waals surface area contributed by atoms with Gasteiger partial charge in [-0.15, -0.1) is 0 Å². The van der Waals surface area contributed by atoms with Crippen molar-refractivity contribution in [1.29, 1.82) is 0 Å². The molecule has 6 nitrogen and oxygen atoms in total. The van der Waals surface area contributed by atoms with Gasteiger partial charge in [-0.2, -0.15) is 0 Å². The van der Waals surface area contributed by atoms with Crippen LogP contribution in [0, 0.1) is 0 Å². The molecule has 0 atom stereocenters. The van der Waals surface area contributed by atoms with Gasteiger partial charge in [0.15, 0.2) is 0 Å². The molecule has 80 heavy (non-hydrogen) atoms. The first-order chi connectivity index (χ1) is 39.7. The molecular weight excluding hydrogens is 1110 g/mol. The Morgan fingerprint density at radius 2 is 0.650 bits per heavy atom. The maximum absolute atomic E-state index is 7.57. The van der Waals surface area contributed by atoms with Crippen LogP contribution in [0.15, 0.2) is 267 Å². The Bertz CT molecular complexity index is 4220. The van der Waals surface area contributed by atoms with Gasteiger partial charge in [0.25, 0.3) is 0 Å². The van der Waals surface area contributed by atoms with Crippen molar-refractivity contribution in [2.24, 2.45) is 0 Å². The SMILES string of the molecule is c1ccc(N(c2ccccc2)c2cc3c4c(c2)N(c2ccccc2)c2c([se]c5ccccc25)B4c2cc4c(cc2O3)Oc2cc(N(c3ccccc3)c3ccccc3)cc3c2B4c2[se]c4ccccc4c2N3c2ccccc2)cc1. The van der Waals surface area contributed by atoms with Gasteiger partial charge in [0.2, 0.25) is 0 Å². The van der Waals surface area contributed by atoms with Gasteiger partial charge in [0.1, 0.15) is 0 Å². The van der Waals surface area contributed by atoms with E-state index in [1.54, 1.807) is 0 Å². The topological polar surface area (TPSA) is 31.4 Å². The van der Waals surface area contributed by atoms with Crippen LogP contribution in [0.5, 0.6) is 23.0 Å². The number of para-hydroxylation sites is 6. The minimum absolute atomic E-state index is 0.0187. The average Bonchev–Trinajstić information content (AvgIpc) is 4.11. The predicted octanol–water partition coefficient (Wildman–Crippen LogP) is 13.9. The molecule has 10 heteroatoms. The zero-order valence-electron chi connectivity index (χ0n) is 43.0. The van der Waals surface area contributed by atoms with Crippen LogP contribution in [0.4, 0.5) is 68.2 Å². The van der Waals surface area contributed by atoms with Crippen molar-refractivity contribution in [1.82, 2.24) is 0 Å². The summed E-state index contributed by atoms with van der Waals surface area (Å²) >= 11 is 0.0374. The summed E-state index contributed by atoms with van der Waals surface area (Å²) in [6.45, 7) is -0.157. The molecular formula is C70H44B2N4O2Se2. The van der Waals surface area contributed by atoms with Crippen LogP contribution in [0.1, 0.15) is 0 Å². The fraction of sp³-hybridized carbons (Fsp3) is 0. The third-order valence-electron chi connectivity index (χ3n) is 16.2. The van der Waals surface area contributed by atoms with E-state index in [2.05, 4.69) is 287 Å². The molecule has 17 rings (SSSR count). The summed E-state index contributed by atoms with van der Waals surface area (Å²) in [6, 6.07) is 97.0. The Hall–Kier alpha value is -9.13. The van der Waals surface area contributed by atoms with E-state index < -0.39 is 0 Å². The minimum atomic E-state index is -0.0787. The fourth-order valence-electron chi connectivity index (χ4n) is 13.0. The van der Waals surface area contributed by atoms with Gasteiger partial charge in [-0.05, 0) is 0 Å². The summed E-state index contributed by atoms with van der Waals surface area (Å²) in [5.41, 5.74) is 18.1. The monoisotopic (exact) mass is 1150 g/mol. The molecule has 4 aliphatic heterocycles. The van der Waals surface area contributed by atoms with Crippen LogP contribution in [-0.2, 0) is 0 Å². The van der Waals surface area contributed by atoms with Gasteiger partial charge >= 0.3 is 479 Å². The number of ether oxygens (including phenoxy) is 2. The number of fused-ring (bicyclic) bond motifs is 12. The van der Waals surface area contributed by atoms with E-state index in [0.717, 1.165) is 79.9 Å². The van der Waals surface area contributed by atoms with Crippen molar-refractivity contribution >= 4 is 160 Å². The molecule has 0 amide bonds. The second-order valence-electron chi connectivity index (χ2n) is 20.7. The molecule has 0 aliphatic carbocycles. The summed E-state index contributed by atoms with van der Waals surface area (Å²) < 4.78 is 20.8. The van der Waals surface area contributed by atoms with Crippen LogP contribution in [0.25, 0.3) is 19.3 Å². The summed E-state index contributed by atoms with van der Waals surface area (Å²) in [7, 11) is 0. The zero-order valence-corrected chi connectivity index (χ0v) is 46.4. The third kappa shape index (κ3) is 7.00. The molecule has 0 saturated heterocycles. The number of rotatable bonds is 8. The summed E-state index contributed by atoms with van der Waals surface area (Å²) in [4.78, 5) is 9.79. The summed E-state index contributed by atoms with van der Waals surface area (Å²) in [5.74, 6) is 3.36. The normalized spacial score (nSPS) is 13.1. The number of anilines is 12. The first-order valence-corrected chi connectivity index (χ1v) is 30.6. The molecule has 6 heterocycles. The van der Waals surface area contributed by atoms with Crippen molar-refractivity contribution in [3.05, 3.63) is 267 Å². The van der Waals surface area contributed by atoms with E-state index in [-0.39, 0.29) is 42.4 Å². The quantitative estimate of drug-likeness (QED) is 0.141. The van der Waals surface area contributed by atoms with E-state index in [1.807, 2.05) is 0 Å². The Morgan fingerprint density at radius 3 is 1.02 bits per heavy atom. The Morgan fingerprint density at radius 1 is 0.312 bits per heavy atom. The predicted molar refractivity (Wildman–Crippen MR) is 336 cm³/mol. The molecule has 0 radical (unpaired) electrons. The van der Waals surface area contributed by atoms with Gasteiger partial charge in [0.05, 0.1) is 0 Å². The second kappa shape index (κ2) is 18.2. The molecule has 13 aromatic rings. The van der Waals surface area contributed by atoms with Crippen LogP contribution < -0.4 is 59.6 Å². The number of nitrogens with zero attached hydrogens (tertiary/aromatic N) is 4. The van der Waals surface area contributed by atoms with Crippen LogP contribution in [0.3, 0.4) is 0 Å². The van der Waals surface area contributed by atoms with E-state index in [9.17, 15) is 0 Å². The molecule has 0 spiro atoms. The first kappa shape index (κ1) is 45.8. The van der Waals surface area contributed by atoms with E-state index in [4.69, 9.17) is 9.47 Å². The zero-order chi connectivity index (χ0) is 52.4. The van der Waals surface area contributed by atoms with Crippen LogP contribution in [-0.4, -0.2) is 42.4 Å². The molecule has 0 bridgehead atoms. The second-order valence-corrected chi connectivity index (χ2v) is 25.3. The van der Waals surface area contributed by atoms with Crippen molar-refractivity contribution < 1.29 is 9.47 Å². The molecule has 374 valence electrons. The molecule has 0 N–H and O–H groups in total. The van der Waals surface area contributed by atoms with Crippen molar-refractivity contribution in [2.45, 2.75) is 0 Å². The number of benzene rings is 11. The van der Waals surface area contributed by atoms with E-state index in [1.165, 1.54) is 61.2 Å². The first-order valence-electron chi connectivity index (χ1n) is 27.1. The van der Waals surface area contributed by atoms with Crippen molar-refractivity contribution in [3.63, 3.8) is 0 Å². The van der Waals surface area contributed by atoms with Gasteiger partial charge in [-0.25, -0.2) is 0 Å². The molecule has 2 aromatic heterocycles. The third-order valence-corrected chi connectivity index (χ3v) is 21.4. The fourth-order valence-corrected chi connectivity index (χ4v) is 18.5. The van der Waals surface area contributed by atoms with Crippen LogP contribution >= 0.6 is 0 Å². The average molecular weight is 1150 g/mol. The summed E-state index contributed by atoms with van der Waals surface area (Å²) in [5, 5.41) is 2.59. The number of hydrogen-bond donors (Lipinski definition) is 0. The molecule has 4 aliphatic rings. The Labute approximate surface area is 476 Å². The van der Waals surface area contributed by atoms with Crippen molar-refractivity contribution in [3.8, 4) is 23.0 Å². The van der Waals surface area contributed by atoms with Crippen molar-refractivity contribution in [2.75, 3.05) is 19.6 Å². The van der Waals surface area contributed by atoms with Gasteiger partial charge in [-0.3, -0.25) is 0 Å². The Balaban J connectivity index is 0.935. The summed E-state index contributed by atoms with van der Waals surface area (Å²) in [6.07, 6.45) is 0. The standard InChI is InChI=1S/C70H44B2N4O2Se2/c1-7-23-45(24-8-1)73(46-25-9-2-10-26-46)51-39-57-65-61(41-51)77-59-44-60-56(43-55(59)71(65)69-67(53-35-19-21-37-63(53)79-69)75(57)49-31-15-5-16-32-49)72-66-58(76(50-33-17-6-18-34-50)68-54-36-20-22-38-64(54)80-70(68)72)40-52(42-62(66)78-60)74(47-27-11-3-12-28-47)48-29-13-4-14-30-48/h1-44H. The maximum atomic E-state index is 7.57. The molecule has 11 aromatic carbocycles. The van der Waals surface area contributed by atoms with E-state index >= 15 is 0 Å². The van der Waals surface area contributed by atoms with Gasteiger partial charge < -0.3 is 0 Å². The molecule has 0 unspecified atom stereocenters. The number of hydrogen-bond acceptors (Lipinski definition) is 6. The van der Waals surface area contributed by atoms with Gasteiger partial charge in [-0.1, -0.05) is 0 Å².